The molecule has 6 N–H and O–H groups in total. The number of halogens is 2. The molecule has 3 heterocycles. The average molecular weight is 494 g/mol. The van der Waals surface area contributed by atoms with Crippen LogP contribution < -0.4 is 26.6 Å². The van der Waals surface area contributed by atoms with E-state index < -0.39 is 29.7 Å². The predicted molar refractivity (Wildman–Crippen MR) is 126 cm³/mol. The van der Waals surface area contributed by atoms with Crippen molar-refractivity contribution >= 4 is 35.1 Å². The summed E-state index contributed by atoms with van der Waals surface area (Å²) in [6, 6.07) is 1.63. The molecular weight excluding hydrogens is 464 g/mol. The van der Waals surface area contributed by atoms with Crippen LogP contribution >= 0.6 is 0 Å². The number of primary amides is 1. The molecule has 2 amide bonds. The molecule has 3 rings (SSSR count). The molecule has 0 radical (unpaired) electrons. The van der Waals surface area contributed by atoms with E-state index in [2.05, 4.69) is 25.9 Å². The van der Waals surface area contributed by atoms with E-state index in [9.17, 15) is 18.4 Å². The van der Waals surface area contributed by atoms with Crippen LogP contribution in [0.2, 0.25) is 0 Å². The van der Waals surface area contributed by atoms with Gasteiger partial charge in [-0.25, -0.2) is 23.5 Å². The SMILES string of the molecule is CC(C)CC(CNC(=O)O)Nc1nc(Nc2cnc(N3CCOCC3)c(F)c2)c(C(N)=O)cc1F. The number of nitrogens with one attached hydrogen (secondary N) is 3. The van der Waals surface area contributed by atoms with Gasteiger partial charge in [0.05, 0.1) is 30.7 Å². The summed E-state index contributed by atoms with van der Waals surface area (Å²) in [5.41, 5.74) is 5.34. The molecule has 35 heavy (non-hydrogen) atoms. The Bertz CT molecular complexity index is 1060. The first-order valence-electron chi connectivity index (χ1n) is 11.1. The first-order valence-corrected chi connectivity index (χ1v) is 11.1. The molecule has 13 heteroatoms. The van der Waals surface area contributed by atoms with Gasteiger partial charge in [0.1, 0.15) is 5.82 Å². The number of nitrogens with two attached hydrogens (primary N) is 1. The van der Waals surface area contributed by atoms with Gasteiger partial charge in [-0.1, -0.05) is 13.8 Å². The highest BCUT2D eigenvalue weighted by atomic mass is 19.1. The van der Waals surface area contributed by atoms with E-state index in [1.54, 1.807) is 4.90 Å². The van der Waals surface area contributed by atoms with Crippen molar-refractivity contribution < 1.29 is 28.2 Å². The number of hydrogen-bond donors (Lipinski definition) is 5. The summed E-state index contributed by atoms with van der Waals surface area (Å²) >= 11 is 0. The molecule has 1 unspecified atom stereocenters. The van der Waals surface area contributed by atoms with Crippen molar-refractivity contribution in [3.63, 3.8) is 0 Å². The fourth-order valence-corrected chi connectivity index (χ4v) is 3.68. The molecule has 1 aliphatic heterocycles. The lowest BCUT2D eigenvalue weighted by atomic mass is 10.0. The maximum atomic E-state index is 14.8. The minimum absolute atomic E-state index is 0.00704. The lowest BCUT2D eigenvalue weighted by Gasteiger charge is -2.28. The minimum Gasteiger partial charge on any atom is -0.465 e. The van der Waals surface area contributed by atoms with Crippen LogP contribution in [0.25, 0.3) is 0 Å². The van der Waals surface area contributed by atoms with Gasteiger partial charge >= 0.3 is 6.09 Å². The molecule has 1 saturated heterocycles. The molecule has 0 bridgehead atoms. The summed E-state index contributed by atoms with van der Waals surface area (Å²) < 4.78 is 34.8. The Labute approximate surface area is 201 Å². The third kappa shape index (κ3) is 7.12. The monoisotopic (exact) mass is 493 g/mol. The number of carbonyl (C=O) groups is 2. The van der Waals surface area contributed by atoms with Crippen molar-refractivity contribution in [1.29, 1.82) is 0 Å². The molecule has 1 fully saturated rings. The van der Waals surface area contributed by atoms with Crippen LogP contribution in [0, 0.1) is 17.6 Å². The lowest BCUT2D eigenvalue weighted by Crippen LogP contribution is -2.37. The van der Waals surface area contributed by atoms with E-state index >= 15 is 0 Å². The Morgan fingerprint density at radius 2 is 1.91 bits per heavy atom. The van der Waals surface area contributed by atoms with Crippen LogP contribution in [-0.2, 0) is 4.74 Å². The zero-order valence-electron chi connectivity index (χ0n) is 19.5. The first kappa shape index (κ1) is 25.9. The molecule has 0 spiro atoms. The highest BCUT2D eigenvalue weighted by molar-refractivity contribution is 5.98. The molecular formula is C22H29F2N7O4. The Morgan fingerprint density at radius 1 is 1.20 bits per heavy atom. The Hall–Kier alpha value is -3.74. The van der Waals surface area contributed by atoms with Gasteiger partial charge in [-0.15, -0.1) is 0 Å². The second-order valence-corrected chi connectivity index (χ2v) is 8.49. The maximum Gasteiger partial charge on any atom is 0.404 e. The molecule has 2 aromatic heterocycles. The third-order valence-electron chi connectivity index (χ3n) is 5.23. The zero-order chi connectivity index (χ0) is 25.5. The van der Waals surface area contributed by atoms with Gasteiger partial charge in [-0.3, -0.25) is 4.79 Å². The summed E-state index contributed by atoms with van der Waals surface area (Å²) in [4.78, 5) is 32.9. The average Bonchev–Trinajstić information content (AvgIpc) is 2.79. The van der Waals surface area contributed by atoms with Crippen molar-refractivity contribution in [1.82, 2.24) is 15.3 Å². The van der Waals surface area contributed by atoms with Gasteiger partial charge in [-0.2, -0.15) is 0 Å². The summed E-state index contributed by atoms with van der Waals surface area (Å²) in [6.45, 7) is 5.83. The maximum absolute atomic E-state index is 14.8. The Kier molecular flexibility index (Phi) is 8.58. The highest BCUT2D eigenvalue weighted by Gasteiger charge is 2.21. The summed E-state index contributed by atoms with van der Waals surface area (Å²) in [6.07, 6.45) is 0.671. The van der Waals surface area contributed by atoms with E-state index in [1.807, 2.05) is 13.8 Å². The molecule has 11 nitrogen and oxygen atoms in total. The van der Waals surface area contributed by atoms with Crippen LogP contribution in [0.3, 0.4) is 0 Å². The fourth-order valence-electron chi connectivity index (χ4n) is 3.68. The lowest BCUT2D eigenvalue weighted by molar-refractivity contribution is 0.1000. The Balaban J connectivity index is 1.86. The third-order valence-corrected chi connectivity index (χ3v) is 5.23. The standard InChI is InChI=1S/C22H29F2N7O4/c1-12(2)7-13(11-27-22(33)34)29-20-16(23)9-15(18(25)32)19(30-20)28-14-8-17(24)21(26-10-14)31-3-5-35-6-4-31/h8-10,12-13,27H,3-7,11H2,1-2H3,(H2,25,32)(H,33,34)(H2,28,29,30). The minimum atomic E-state index is -1.21. The molecule has 0 aromatic carbocycles. The fraction of sp³-hybridized carbons (Fsp3) is 0.455. The quantitative estimate of drug-likeness (QED) is 0.336. The number of carboxylic acid groups (broad SMARTS) is 1. The van der Waals surface area contributed by atoms with Gasteiger partial charge in [0.15, 0.2) is 23.3 Å². The number of anilines is 4. The van der Waals surface area contributed by atoms with Crippen molar-refractivity contribution in [2.24, 2.45) is 11.7 Å². The number of pyridine rings is 2. The van der Waals surface area contributed by atoms with Crippen LogP contribution in [0.4, 0.5) is 36.7 Å². The largest absolute Gasteiger partial charge is 0.465 e. The number of ether oxygens (including phenoxy) is 1. The van der Waals surface area contributed by atoms with Crippen molar-refractivity contribution in [3.8, 4) is 0 Å². The van der Waals surface area contributed by atoms with E-state index in [-0.39, 0.29) is 41.2 Å². The van der Waals surface area contributed by atoms with Crippen LogP contribution in [-0.4, -0.2) is 66.0 Å². The van der Waals surface area contributed by atoms with Crippen molar-refractivity contribution in [3.05, 3.63) is 35.5 Å². The molecule has 0 aliphatic carbocycles. The predicted octanol–water partition coefficient (Wildman–Crippen LogP) is 2.53. The molecule has 1 aliphatic rings. The molecule has 1 atom stereocenters. The van der Waals surface area contributed by atoms with Gasteiger partial charge in [0, 0.05) is 31.7 Å². The summed E-state index contributed by atoms with van der Waals surface area (Å²) in [7, 11) is 0. The number of carbonyl (C=O) groups excluding carboxylic acids is 1. The zero-order valence-corrected chi connectivity index (χ0v) is 19.5. The van der Waals surface area contributed by atoms with E-state index in [0.717, 1.165) is 6.07 Å². The normalized spacial score (nSPS) is 14.5. The van der Waals surface area contributed by atoms with E-state index in [4.69, 9.17) is 15.6 Å². The summed E-state index contributed by atoms with van der Waals surface area (Å²) in [5.74, 6) is -2.34. The molecule has 190 valence electrons. The number of hydrogen-bond acceptors (Lipinski definition) is 8. The van der Waals surface area contributed by atoms with Gasteiger partial charge in [-0.05, 0) is 18.4 Å². The van der Waals surface area contributed by atoms with E-state index in [1.165, 1.54) is 12.3 Å². The smallest absolute Gasteiger partial charge is 0.404 e. The molecule has 2 aromatic rings. The van der Waals surface area contributed by atoms with Crippen molar-refractivity contribution in [2.75, 3.05) is 48.4 Å². The number of nitrogens with zero attached hydrogens (tertiary/aromatic N) is 3. The van der Waals surface area contributed by atoms with Gasteiger partial charge in [0.25, 0.3) is 5.91 Å². The topological polar surface area (TPSA) is 155 Å². The highest BCUT2D eigenvalue weighted by Crippen LogP contribution is 2.27. The Morgan fingerprint density at radius 3 is 2.51 bits per heavy atom. The molecule has 0 saturated carbocycles. The number of morpholine rings is 1. The summed E-state index contributed by atoms with van der Waals surface area (Å²) in [5, 5.41) is 16.8. The number of rotatable bonds is 10. The second kappa shape index (κ2) is 11.6. The van der Waals surface area contributed by atoms with Gasteiger partial charge in [0.2, 0.25) is 0 Å². The van der Waals surface area contributed by atoms with E-state index in [0.29, 0.717) is 32.7 Å². The number of amides is 2. The van der Waals surface area contributed by atoms with Gasteiger partial charge < -0.3 is 36.4 Å². The van der Waals surface area contributed by atoms with Crippen molar-refractivity contribution in [2.45, 2.75) is 26.3 Å². The second-order valence-electron chi connectivity index (χ2n) is 8.49. The number of aromatic nitrogens is 2. The van der Waals surface area contributed by atoms with Crippen LogP contribution in [0.5, 0.6) is 0 Å². The van der Waals surface area contributed by atoms with Crippen LogP contribution in [0.15, 0.2) is 18.3 Å². The first-order chi connectivity index (χ1) is 16.6. The van der Waals surface area contributed by atoms with Crippen LogP contribution in [0.1, 0.15) is 30.6 Å².